The van der Waals surface area contributed by atoms with E-state index < -0.39 is 17.4 Å². The highest BCUT2D eigenvalue weighted by Gasteiger charge is 2.45. The van der Waals surface area contributed by atoms with Crippen LogP contribution in [0.15, 0.2) is 79.4 Å². The third kappa shape index (κ3) is 5.27. The first-order valence-corrected chi connectivity index (χ1v) is 12.4. The van der Waals surface area contributed by atoms with Gasteiger partial charge in [0.25, 0.3) is 0 Å². The molecule has 1 saturated heterocycles. The van der Waals surface area contributed by atoms with E-state index in [-0.39, 0.29) is 12.0 Å². The minimum absolute atomic E-state index is 0.0375. The Balaban J connectivity index is 1.47. The van der Waals surface area contributed by atoms with Crippen LogP contribution in [0.2, 0.25) is 5.02 Å². The number of rotatable bonds is 7. The first-order chi connectivity index (χ1) is 17.7. The lowest BCUT2D eigenvalue weighted by atomic mass is 9.72. The summed E-state index contributed by atoms with van der Waals surface area (Å²) in [6.07, 6.45) is 2.98. The largest absolute Gasteiger partial charge is 0.292 e. The Morgan fingerprint density at radius 2 is 1.68 bits per heavy atom. The van der Waals surface area contributed by atoms with E-state index in [4.69, 9.17) is 11.6 Å². The Morgan fingerprint density at radius 1 is 0.973 bits per heavy atom. The first kappa shape index (κ1) is 25.1. The van der Waals surface area contributed by atoms with Crippen LogP contribution in [-0.4, -0.2) is 38.4 Å². The van der Waals surface area contributed by atoms with E-state index in [1.54, 1.807) is 24.5 Å². The Hall–Kier alpha value is -3.60. The molecule has 1 fully saturated rings. The molecule has 1 aromatic heterocycles. The molecule has 37 heavy (non-hydrogen) atoms. The molecule has 5 rings (SSSR count). The molecule has 0 bridgehead atoms. The second-order valence-electron chi connectivity index (χ2n) is 10.1. The fourth-order valence-electron chi connectivity index (χ4n) is 5.50. The molecule has 2 atom stereocenters. The molecule has 2 heterocycles. The van der Waals surface area contributed by atoms with Gasteiger partial charge in [-0.15, -0.1) is 10.2 Å². The number of aromatic nitrogens is 3. The number of halogens is 3. The molecule has 0 radical (unpaired) electrons. The van der Waals surface area contributed by atoms with Crippen molar-refractivity contribution >= 4 is 11.6 Å². The zero-order valence-electron chi connectivity index (χ0n) is 20.5. The minimum atomic E-state index is -1.58. The molecule has 4 aromatic rings. The van der Waals surface area contributed by atoms with Gasteiger partial charge in [0.15, 0.2) is 0 Å². The number of likely N-dealkylation sites (tertiary alicyclic amines) is 1. The number of hydrogen-bond donors (Lipinski definition) is 0. The van der Waals surface area contributed by atoms with E-state index in [0.29, 0.717) is 34.9 Å². The van der Waals surface area contributed by atoms with Gasteiger partial charge in [-0.05, 0) is 78.9 Å². The smallest absolute Gasteiger partial charge is 0.125 e. The molecule has 1 aliphatic heterocycles. The molecule has 0 N–H and O–H groups in total. The number of alkyl halides is 1. The van der Waals surface area contributed by atoms with Crippen LogP contribution in [0.1, 0.15) is 48.1 Å². The summed E-state index contributed by atoms with van der Waals surface area (Å²) in [5, 5.41) is 17.7. The molecule has 5 nitrogen and oxygen atoms in total. The van der Waals surface area contributed by atoms with Crippen molar-refractivity contribution in [2.75, 3.05) is 13.1 Å². The zero-order valence-corrected chi connectivity index (χ0v) is 21.3. The molecule has 1 aliphatic rings. The normalized spacial score (nSPS) is 16.1. The van der Waals surface area contributed by atoms with Gasteiger partial charge < -0.3 is 0 Å². The number of benzene rings is 3. The predicted molar refractivity (Wildman–Crippen MR) is 139 cm³/mol. The van der Waals surface area contributed by atoms with E-state index in [9.17, 15) is 9.65 Å². The maximum absolute atomic E-state index is 15.7. The Bertz CT molecular complexity index is 1420. The van der Waals surface area contributed by atoms with Crippen molar-refractivity contribution in [2.45, 2.75) is 31.5 Å². The van der Waals surface area contributed by atoms with Crippen molar-refractivity contribution < 1.29 is 8.78 Å². The molecular weight excluding hydrogens is 492 g/mol. The average Bonchev–Trinajstić information content (AvgIpc) is 3.38. The third-order valence-electron chi connectivity index (χ3n) is 7.01. The van der Waals surface area contributed by atoms with Crippen LogP contribution in [0.4, 0.5) is 8.78 Å². The highest BCUT2D eigenvalue weighted by molar-refractivity contribution is 6.30. The quantitative estimate of drug-likeness (QED) is 0.281. The van der Waals surface area contributed by atoms with E-state index >= 15 is 4.39 Å². The lowest BCUT2D eigenvalue weighted by molar-refractivity contribution is 0.00813. The van der Waals surface area contributed by atoms with Crippen molar-refractivity contribution in [2.24, 2.45) is 5.92 Å². The van der Waals surface area contributed by atoms with Gasteiger partial charge in [-0.2, -0.15) is 5.26 Å². The molecular formula is C29H26ClF2N5. The zero-order chi connectivity index (χ0) is 26.2. The SMILES string of the molecule is CC(C)(F)[C@@H](c1cc(F)cc(-n2cnnc2)c1)C1CN([C@H](c2ccc(Cl)cc2)c2cccc(C#N)c2)C1. The topological polar surface area (TPSA) is 57.7 Å². The van der Waals surface area contributed by atoms with E-state index in [0.717, 1.165) is 11.1 Å². The summed E-state index contributed by atoms with van der Waals surface area (Å²) in [6, 6.07) is 21.9. The molecule has 188 valence electrons. The molecule has 8 heteroatoms. The van der Waals surface area contributed by atoms with E-state index in [2.05, 4.69) is 21.2 Å². The summed E-state index contributed by atoms with van der Waals surface area (Å²) in [5.41, 5.74) is 2.18. The molecule has 0 unspecified atom stereocenters. The van der Waals surface area contributed by atoms with Gasteiger partial charge in [0.1, 0.15) is 24.1 Å². The van der Waals surface area contributed by atoms with Crippen LogP contribution in [0, 0.1) is 23.1 Å². The summed E-state index contributed by atoms with van der Waals surface area (Å²) < 4.78 is 32.0. The van der Waals surface area contributed by atoms with Crippen molar-refractivity contribution in [1.82, 2.24) is 19.7 Å². The highest BCUT2D eigenvalue weighted by Crippen LogP contribution is 2.46. The second-order valence-corrected chi connectivity index (χ2v) is 10.5. The number of nitriles is 1. The van der Waals surface area contributed by atoms with Crippen molar-refractivity contribution in [3.05, 3.63) is 112 Å². The van der Waals surface area contributed by atoms with Crippen LogP contribution >= 0.6 is 11.6 Å². The van der Waals surface area contributed by atoms with Crippen LogP contribution in [0.3, 0.4) is 0 Å². The van der Waals surface area contributed by atoms with Crippen molar-refractivity contribution in [3.63, 3.8) is 0 Å². The molecule has 0 aliphatic carbocycles. The fourth-order valence-corrected chi connectivity index (χ4v) is 5.62. The standard InChI is InChI=1S/C29H26ClF2N5/c1-29(2,32)27(22-11-25(31)13-26(12-22)37-17-34-35-18-37)23-15-36(16-23)28(20-6-8-24(30)9-7-20)21-5-3-4-19(10-21)14-33/h3-13,17-18,23,27-28H,15-16H2,1-2H3/t27-,28+/m0/s1. The van der Waals surface area contributed by atoms with Gasteiger partial charge in [-0.3, -0.25) is 9.47 Å². The fraction of sp³-hybridized carbons (Fsp3) is 0.276. The predicted octanol–water partition coefficient (Wildman–Crippen LogP) is 6.48. The maximum Gasteiger partial charge on any atom is 0.125 e. The summed E-state index contributed by atoms with van der Waals surface area (Å²) >= 11 is 6.14. The molecule has 3 aromatic carbocycles. The van der Waals surface area contributed by atoms with Gasteiger partial charge >= 0.3 is 0 Å². The summed E-state index contributed by atoms with van der Waals surface area (Å²) in [7, 11) is 0. The maximum atomic E-state index is 15.7. The second kappa shape index (κ2) is 10.0. The molecule has 0 spiro atoms. The summed E-state index contributed by atoms with van der Waals surface area (Å²) in [4.78, 5) is 2.27. The van der Waals surface area contributed by atoms with Crippen molar-refractivity contribution in [1.29, 1.82) is 5.26 Å². The summed E-state index contributed by atoms with van der Waals surface area (Å²) in [5.74, 6) is -0.991. The average molecular weight is 518 g/mol. The van der Waals surface area contributed by atoms with Crippen molar-refractivity contribution in [3.8, 4) is 11.8 Å². The lowest BCUT2D eigenvalue weighted by Gasteiger charge is -2.50. The van der Waals surface area contributed by atoms with Gasteiger partial charge in [0.05, 0.1) is 23.4 Å². The van der Waals surface area contributed by atoms with Gasteiger partial charge in [0, 0.05) is 24.0 Å². The van der Waals surface area contributed by atoms with Gasteiger partial charge in [0.2, 0.25) is 0 Å². The lowest BCUT2D eigenvalue weighted by Crippen LogP contribution is -2.53. The Labute approximate surface area is 219 Å². The van der Waals surface area contributed by atoms with Crippen LogP contribution in [0.5, 0.6) is 0 Å². The molecule has 0 saturated carbocycles. The van der Waals surface area contributed by atoms with E-state index in [1.165, 1.54) is 24.8 Å². The Morgan fingerprint density at radius 3 is 2.32 bits per heavy atom. The van der Waals surface area contributed by atoms with Gasteiger partial charge in [-0.1, -0.05) is 35.9 Å². The number of hydrogen-bond acceptors (Lipinski definition) is 4. The monoisotopic (exact) mass is 517 g/mol. The van der Waals surface area contributed by atoms with E-state index in [1.807, 2.05) is 48.5 Å². The van der Waals surface area contributed by atoms with Crippen LogP contribution in [0.25, 0.3) is 5.69 Å². The first-order valence-electron chi connectivity index (χ1n) is 12.1. The Kier molecular flexibility index (Phi) is 6.80. The summed E-state index contributed by atoms with van der Waals surface area (Å²) in [6.45, 7) is 4.33. The number of nitrogens with zero attached hydrogens (tertiary/aromatic N) is 5. The third-order valence-corrected chi connectivity index (χ3v) is 7.26. The van der Waals surface area contributed by atoms with Crippen LogP contribution in [-0.2, 0) is 0 Å². The van der Waals surface area contributed by atoms with Gasteiger partial charge in [-0.25, -0.2) is 8.78 Å². The minimum Gasteiger partial charge on any atom is -0.292 e. The van der Waals surface area contributed by atoms with Crippen LogP contribution < -0.4 is 0 Å². The highest BCUT2D eigenvalue weighted by atomic mass is 35.5. The molecule has 0 amide bonds.